The lowest BCUT2D eigenvalue weighted by atomic mass is 9.89. The highest BCUT2D eigenvalue weighted by atomic mass is 16.4. The molecule has 5 nitrogen and oxygen atoms in total. The highest BCUT2D eigenvalue weighted by molar-refractivity contribution is 5.80. The van der Waals surface area contributed by atoms with Gasteiger partial charge in [-0.05, 0) is 51.5 Å². The van der Waals surface area contributed by atoms with Crippen LogP contribution in [0.15, 0.2) is 0 Å². The minimum Gasteiger partial charge on any atom is -0.480 e. The fourth-order valence-electron chi connectivity index (χ4n) is 3.64. The quantitative estimate of drug-likeness (QED) is 0.861. The van der Waals surface area contributed by atoms with Crippen LogP contribution in [0.3, 0.4) is 0 Å². The second-order valence-electron chi connectivity index (χ2n) is 6.56. The molecule has 2 saturated heterocycles. The zero-order valence-corrected chi connectivity index (χ0v) is 13.3. The van der Waals surface area contributed by atoms with Gasteiger partial charge in [0.1, 0.15) is 6.04 Å². The summed E-state index contributed by atoms with van der Waals surface area (Å²) in [5.74, 6) is -0.206. The first kappa shape index (κ1) is 16.3. The van der Waals surface area contributed by atoms with E-state index in [-0.39, 0.29) is 12.5 Å². The molecule has 120 valence electrons. The topological polar surface area (TPSA) is 60.9 Å². The molecule has 3 atom stereocenters. The number of aliphatic carboxylic acids is 1. The molecule has 0 radical (unpaired) electrons. The first-order valence-electron chi connectivity index (χ1n) is 8.29. The Labute approximate surface area is 127 Å². The Hall–Kier alpha value is -1.10. The van der Waals surface area contributed by atoms with Crippen molar-refractivity contribution in [3.05, 3.63) is 0 Å². The molecule has 0 aliphatic carbocycles. The Morgan fingerprint density at radius 3 is 2.57 bits per heavy atom. The number of piperidine rings is 2. The number of carboxylic acid groups (broad SMARTS) is 1. The maximum absolute atomic E-state index is 12.5. The molecule has 5 heteroatoms. The standard InChI is InChI=1S/C16H28N2O3/c1-3-13-7-9-17(14(10-13)16(20)21)11-15(19)18-8-5-4-6-12(18)2/h12-14H,3-11H2,1-2H3,(H,20,21). The highest BCUT2D eigenvalue weighted by Crippen LogP contribution is 2.26. The van der Waals surface area contributed by atoms with Gasteiger partial charge in [-0.15, -0.1) is 0 Å². The van der Waals surface area contributed by atoms with Crippen LogP contribution < -0.4 is 0 Å². The van der Waals surface area contributed by atoms with Gasteiger partial charge in [0, 0.05) is 12.6 Å². The largest absolute Gasteiger partial charge is 0.480 e. The van der Waals surface area contributed by atoms with Gasteiger partial charge in [0.05, 0.1) is 6.54 Å². The lowest BCUT2D eigenvalue weighted by Crippen LogP contribution is -2.53. The molecule has 0 spiro atoms. The molecule has 2 aliphatic rings. The van der Waals surface area contributed by atoms with Crippen LogP contribution in [0.25, 0.3) is 0 Å². The van der Waals surface area contributed by atoms with Crippen LogP contribution in [-0.4, -0.2) is 58.5 Å². The Kier molecular flexibility index (Phi) is 5.62. The Morgan fingerprint density at radius 2 is 1.95 bits per heavy atom. The number of amides is 1. The number of nitrogens with zero attached hydrogens (tertiary/aromatic N) is 2. The van der Waals surface area contributed by atoms with Crippen LogP contribution in [0.1, 0.15) is 52.4 Å². The molecular weight excluding hydrogens is 268 g/mol. The van der Waals surface area contributed by atoms with Crippen molar-refractivity contribution in [3.63, 3.8) is 0 Å². The van der Waals surface area contributed by atoms with Crippen molar-refractivity contribution in [2.24, 2.45) is 5.92 Å². The zero-order valence-electron chi connectivity index (χ0n) is 13.3. The summed E-state index contributed by atoms with van der Waals surface area (Å²) in [5, 5.41) is 9.43. The summed E-state index contributed by atoms with van der Waals surface area (Å²) in [7, 11) is 0. The van der Waals surface area contributed by atoms with E-state index in [1.165, 1.54) is 6.42 Å². The monoisotopic (exact) mass is 296 g/mol. The maximum Gasteiger partial charge on any atom is 0.320 e. The number of likely N-dealkylation sites (tertiary alicyclic amines) is 2. The summed E-state index contributed by atoms with van der Waals surface area (Å²) < 4.78 is 0. The molecule has 1 amide bonds. The van der Waals surface area contributed by atoms with Crippen LogP contribution in [-0.2, 0) is 9.59 Å². The molecule has 0 aromatic carbocycles. The van der Waals surface area contributed by atoms with E-state index >= 15 is 0 Å². The predicted octanol–water partition coefficient (Wildman–Crippen LogP) is 1.96. The first-order valence-corrected chi connectivity index (χ1v) is 8.29. The van der Waals surface area contributed by atoms with Crippen LogP contribution in [0, 0.1) is 5.92 Å². The Bertz CT molecular complexity index is 386. The minimum absolute atomic E-state index is 0.100. The smallest absolute Gasteiger partial charge is 0.320 e. The van der Waals surface area contributed by atoms with Crippen molar-refractivity contribution in [2.75, 3.05) is 19.6 Å². The van der Waals surface area contributed by atoms with E-state index in [2.05, 4.69) is 13.8 Å². The fourth-order valence-corrected chi connectivity index (χ4v) is 3.64. The van der Waals surface area contributed by atoms with Crippen LogP contribution in [0.2, 0.25) is 0 Å². The molecular formula is C16H28N2O3. The number of rotatable bonds is 4. The summed E-state index contributed by atoms with van der Waals surface area (Å²) in [4.78, 5) is 27.8. The van der Waals surface area contributed by atoms with Gasteiger partial charge in [0.2, 0.25) is 5.91 Å². The zero-order chi connectivity index (χ0) is 15.4. The van der Waals surface area contributed by atoms with Gasteiger partial charge >= 0.3 is 5.97 Å². The molecule has 0 aromatic rings. The molecule has 1 N–H and O–H groups in total. The number of carbonyl (C=O) groups is 2. The summed E-state index contributed by atoms with van der Waals surface area (Å²) in [5.41, 5.74) is 0. The van der Waals surface area contributed by atoms with Crippen LogP contribution >= 0.6 is 0 Å². The average Bonchev–Trinajstić information content (AvgIpc) is 2.47. The van der Waals surface area contributed by atoms with Gasteiger partial charge in [-0.1, -0.05) is 13.3 Å². The molecule has 0 aromatic heterocycles. The fraction of sp³-hybridized carbons (Fsp3) is 0.875. The van der Waals surface area contributed by atoms with E-state index in [9.17, 15) is 14.7 Å². The number of carboxylic acids is 1. The third-order valence-electron chi connectivity index (χ3n) is 5.15. The van der Waals surface area contributed by atoms with Gasteiger partial charge in [-0.3, -0.25) is 14.5 Å². The Morgan fingerprint density at radius 1 is 1.19 bits per heavy atom. The van der Waals surface area contributed by atoms with E-state index in [4.69, 9.17) is 0 Å². The Balaban J connectivity index is 1.96. The van der Waals surface area contributed by atoms with Gasteiger partial charge < -0.3 is 10.0 Å². The molecule has 0 bridgehead atoms. The molecule has 0 saturated carbocycles. The van der Waals surface area contributed by atoms with Gasteiger partial charge in [-0.2, -0.15) is 0 Å². The number of hydrogen-bond donors (Lipinski definition) is 1. The van der Waals surface area contributed by atoms with Crippen molar-refractivity contribution in [1.82, 2.24) is 9.80 Å². The molecule has 2 fully saturated rings. The van der Waals surface area contributed by atoms with E-state index in [0.29, 0.717) is 18.4 Å². The van der Waals surface area contributed by atoms with Gasteiger partial charge in [0.25, 0.3) is 0 Å². The number of carbonyl (C=O) groups excluding carboxylic acids is 1. The predicted molar refractivity (Wildman–Crippen MR) is 81.0 cm³/mol. The van der Waals surface area contributed by atoms with Crippen LogP contribution in [0.4, 0.5) is 0 Å². The average molecular weight is 296 g/mol. The summed E-state index contributed by atoms with van der Waals surface area (Å²) in [6.45, 7) is 6.01. The molecule has 2 heterocycles. The highest BCUT2D eigenvalue weighted by Gasteiger charge is 2.35. The second kappa shape index (κ2) is 7.25. The summed E-state index contributed by atoms with van der Waals surface area (Å²) >= 11 is 0. The lowest BCUT2D eigenvalue weighted by molar-refractivity contribution is -0.147. The van der Waals surface area contributed by atoms with E-state index in [1.807, 2.05) is 9.80 Å². The lowest BCUT2D eigenvalue weighted by Gasteiger charge is -2.39. The SMILES string of the molecule is CCC1CCN(CC(=O)N2CCCCC2C)C(C(=O)O)C1. The normalized spacial score (nSPS) is 31.1. The maximum atomic E-state index is 12.5. The van der Waals surface area contributed by atoms with E-state index in [0.717, 1.165) is 38.8 Å². The van der Waals surface area contributed by atoms with Crippen LogP contribution in [0.5, 0.6) is 0 Å². The molecule has 3 unspecified atom stereocenters. The first-order chi connectivity index (χ1) is 10.0. The molecule has 2 aliphatic heterocycles. The van der Waals surface area contributed by atoms with Gasteiger partial charge in [-0.25, -0.2) is 0 Å². The van der Waals surface area contributed by atoms with Crippen molar-refractivity contribution in [3.8, 4) is 0 Å². The summed E-state index contributed by atoms with van der Waals surface area (Å²) in [6.07, 6.45) is 6.01. The van der Waals surface area contributed by atoms with Crippen molar-refractivity contribution in [1.29, 1.82) is 0 Å². The van der Waals surface area contributed by atoms with Crippen molar-refractivity contribution < 1.29 is 14.7 Å². The molecule has 21 heavy (non-hydrogen) atoms. The minimum atomic E-state index is -0.785. The third-order valence-corrected chi connectivity index (χ3v) is 5.15. The molecule has 2 rings (SSSR count). The number of hydrogen-bond acceptors (Lipinski definition) is 3. The van der Waals surface area contributed by atoms with E-state index < -0.39 is 12.0 Å². The van der Waals surface area contributed by atoms with E-state index in [1.54, 1.807) is 0 Å². The van der Waals surface area contributed by atoms with Crippen molar-refractivity contribution >= 4 is 11.9 Å². The second-order valence-corrected chi connectivity index (χ2v) is 6.56. The third kappa shape index (κ3) is 3.96. The van der Waals surface area contributed by atoms with Crippen molar-refractivity contribution in [2.45, 2.75) is 64.5 Å². The summed E-state index contributed by atoms with van der Waals surface area (Å²) in [6, 6.07) is -0.199. The van der Waals surface area contributed by atoms with Gasteiger partial charge in [0.15, 0.2) is 0 Å².